The molecule has 0 aliphatic rings. The summed E-state index contributed by atoms with van der Waals surface area (Å²) in [5.41, 5.74) is 1.74. The average molecular weight is 621 g/mol. The largest absolute Gasteiger partial charge is 0.489 e. The monoisotopic (exact) mass is 619 g/mol. The van der Waals surface area contributed by atoms with E-state index in [9.17, 15) is 18.0 Å². The molecular weight excluding hydrogens is 585 g/mol. The van der Waals surface area contributed by atoms with Crippen molar-refractivity contribution in [1.29, 1.82) is 0 Å². The first-order valence-electron chi connectivity index (χ1n) is 13.2. The number of anilines is 1. The smallest absolute Gasteiger partial charge is 0.244 e. The van der Waals surface area contributed by atoms with Crippen LogP contribution in [0.1, 0.15) is 38.3 Å². The minimum atomic E-state index is -3.88. The molecule has 8 nitrogen and oxygen atoms in total. The fourth-order valence-corrected chi connectivity index (χ4v) is 5.58. The van der Waals surface area contributed by atoms with Gasteiger partial charge in [0.15, 0.2) is 0 Å². The van der Waals surface area contributed by atoms with Crippen molar-refractivity contribution in [3.63, 3.8) is 0 Å². The molecule has 0 aliphatic heterocycles. The van der Waals surface area contributed by atoms with Crippen molar-refractivity contribution in [2.45, 2.75) is 52.4 Å². The summed E-state index contributed by atoms with van der Waals surface area (Å²) in [5.74, 6) is -0.393. The number of carbonyl (C=O) groups excluding carboxylic acids is 2. The number of amides is 2. The van der Waals surface area contributed by atoms with Crippen LogP contribution in [-0.2, 0) is 32.8 Å². The fourth-order valence-electron chi connectivity index (χ4n) is 4.22. The number of halogens is 2. The van der Waals surface area contributed by atoms with E-state index in [4.69, 9.17) is 27.9 Å². The summed E-state index contributed by atoms with van der Waals surface area (Å²) in [7, 11) is -3.88. The van der Waals surface area contributed by atoms with E-state index >= 15 is 0 Å². The van der Waals surface area contributed by atoms with Gasteiger partial charge >= 0.3 is 0 Å². The second-order valence-corrected chi connectivity index (χ2v) is 12.6. The summed E-state index contributed by atoms with van der Waals surface area (Å²) in [6.07, 6.45) is 1.32. The molecule has 0 radical (unpaired) electrons. The highest BCUT2D eigenvalue weighted by Crippen LogP contribution is 2.28. The predicted molar refractivity (Wildman–Crippen MR) is 164 cm³/mol. The molecule has 3 aromatic carbocycles. The first-order chi connectivity index (χ1) is 19.4. The molecule has 0 saturated carbocycles. The molecule has 0 spiro atoms. The van der Waals surface area contributed by atoms with E-state index in [1.807, 2.05) is 44.2 Å². The number of hydrogen-bond donors (Lipinski definition) is 1. The van der Waals surface area contributed by atoms with Gasteiger partial charge in [0.05, 0.1) is 11.9 Å². The zero-order valence-electron chi connectivity index (χ0n) is 23.5. The zero-order chi connectivity index (χ0) is 30.2. The highest BCUT2D eigenvalue weighted by molar-refractivity contribution is 7.92. The number of ether oxygens (including phenoxy) is 1. The molecule has 220 valence electrons. The molecule has 11 heteroatoms. The molecule has 0 aliphatic carbocycles. The van der Waals surface area contributed by atoms with Crippen LogP contribution < -0.4 is 14.4 Å². The third kappa shape index (κ3) is 9.11. The van der Waals surface area contributed by atoms with Gasteiger partial charge in [-0.25, -0.2) is 8.42 Å². The van der Waals surface area contributed by atoms with E-state index in [1.54, 1.807) is 49.4 Å². The lowest BCUT2D eigenvalue weighted by Crippen LogP contribution is -2.53. The zero-order valence-corrected chi connectivity index (χ0v) is 25.8. The van der Waals surface area contributed by atoms with Gasteiger partial charge in [-0.05, 0) is 62.2 Å². The Labute approximate surface area is 252 Å². The number of nitrogens with zero attached hydrogens (tertiary/aromatic N) is 2. The third-order valence-corrected chi connectivity index (χ3v) is 8.11. The van der Waals surface area contributed by atoms with Gasteiger partial charge in [-0.1, -0.05) is 66.5 Å². The van der Waals surface area contributed by atoms with Crippen LogP contribution in [0.2, 0.25) is 10.0 Å². The quantitative estimate of drug-likeness (QED) is 0.266. The van der Waals surface area contributed by atoms with Crippen molar-refractivity contribution in [1.82, 2.24) is 10.2 Å². The number of sulfonamides is 1. The lowest BCUT2D eigenvalue weighted by Gasteiger charge is -2.33. The standard InChI is InChI=1S/C30H35Cl2N3O5S/c1-5-28(30(37)33-21(2)3)34(18-25-26(31)12-9-13-27(25)32)29(36)19-35(41(4,38)39)23-14-16-24(17-15-23)40-20-22-10-7-6-8-11-22/h6-17,21,28H,5,18-20H2,1-4H3,(H,33,37)/t28-/m1/s1. The fraction of sp³-hybridized carbons (Fsp3) is 0.333. The Hall–Kier alpha value is -3.27. The predicted octanol–water partition coefficient (Wildman–Crippen LogP) is 5.67. The molecule has 3 aromatic rings. The van der Waals surface area contributed by atoms with Crippen molar-refractivity contribution in [3.05, 3.63) is 94.0 Å². The van der Waals surface area contributed by atoms with Crippen molar-refractivity contribution >= 4 is 50.7 Å². The van der Waals surface area contributed by atoms with Crippen LogP contribution in [-0.4, -0.2) is 50.0 Å². The molecule has 3 rings (SSSR count). The molecule has 0 saturated heterocycles. The molecule has 0 bridgehead atoms. The van der Waals surface area contributed by atoms with Gasteiger partial charge < -0.3 is 15.0 Å². The normalized spacial score (nSPS) is 12.1. The Bertz CT molecular complexity index is 1410. The molecular formula is C30H35Cl2N3O5S. The molecule has 0 aromatic heterocycles. The summed E-state index contributed by atoms with van der Waals surface area (Å²) in [5, 5.41) is 3.51. The first kappa shape index (κ1) is 32.2. The molecule has 0 unspecified atom stereocenters. The second-order valence-electron chi connectivity index (χ2n) is 9.85. The summed E-state index contributed by atoms with van der Waals surface area (Å²) in [6, 6.07) is 20.0. The van der Waals surface area contributed by atoms with Gasteiger partial charge in [0, 0.05) is 28.2 Å². The Kier molecular flexibility index (Phi) is 11.5. The van der Waals surface area contributed by atoms with Gasteiger partial charge in [0.1, 0.15) is 24.9 Å². The number of carbonyl (C=O) groups is 2. The van der Waals surface area contributed by atoms with Crippen molar-refractivity contribution < 1.29 is 22.7 Å². The highest BCUT2D eigenvalue weighted by Gasteiger charge is 2.32. The maximum atomic E-state index is 13.8. The number of rotatable bonds is 13. The molecule has 1 N–H and O–H groups in total. The summed E-state index contributed by atoms with van der Waals surface area (Å²) >= 11 is 12.8. The van der Waals surface area contributed by atoms with Crippen LogP contribution in [0.5, 0.6) is 5.75 Å². The Morgan fingerprint density at radius 2 is 1.54 bits per heavy atom. The van der Waals surface area contributed by atoms with Gasteiger partial charge in [0.2, 0.25) is 21.8 Å². The minimum absolute atomic E-state index is 0.0781. The maximum Gasteiger partial charge on any atom is 0.244 e. The van der Waals surface area contributed by atoms with Gasteiger partial charge in [-0.3, -0.25) is 13.9 Å². The summed E-state index contributed by atoms with van der Waals surface area (Å²) in [6.45, 7) is 5.16. The van der Waals surface area contributed by atoms with Gasteiger partial charge in [-0.15, -0.1) is 0 Å². The lowest BCUT2D eigenvalue weighted by molar-refractivity contribution is -0.140. The minimum Gasteiger partial charge on any atom is -0.489 e. The maximum absolute atomic E-state index is 13.8. The van der Waals surface area contributed by atoms with Crippen molar-refractivity contribution in [3.8, 4) is 5.75 Å². The van der Waals surface area contributed by atoms with Crippen LogP contribution in [0, 0.1) is 0 Å². The van der Waals surface area contributed by atoms with E-state index in [0.717, 1.165) is 16.1 Å². The molecule has 1 atom stereocenters. The van der Waals surface area contributed by atoms with Gasteiger partial charge in [0.25, 0.3) is 0 Å². The number of nitrogens with one attached hydrogen (secondary N) is 1. The van der Waals surface area contributed by atoms with E-state index in [1.165, 1.54) is 4.90 Å². The second kappa shape index (κ2) is 14.6. The van der Waals surface area contributed by atoms with Crippen LogP contribution in [0.3, 0.4) is 0 Å². The first-order valence-corrected chi connectivity index (χ1v) is 15.8. The highest BCUT2D eigenvalue weighted by atomic mass is 35.5. The van der Waals surface area contributed by atoms with E-state index in [0.29, 0.717) is 34.4 Å². The van der Waals surface area contributed by atoms with E-state index in [-0.39, 0.29) is 24.2 Å². The van der Waals surface area contributed by atoms with E-state index < -0.39 is 28.5 Å². The lowest BCUT2D eigenvalue weighted by atomic mass is 10.1. The molecule has 0 heterocycles. The van der Waals surface area contributed by atoms with Crippen molar-refractivity contribution in [2.75, 3.05) is 17.1 Å². The molecule has 41 heavy (non-hydrogen) atoms. The Balaban J connectivity index is 1.89. The average Bonchev–Trinajstić information content (AvgIpc) is 2.92. The molecule has 2 amide bonds. The Morgan fingerprint density at radius 1 is 0.927 bits per heavy atom. The topological polar surface area (TPSA) is 96.0 Å². The number of benzene rings is 3. The van der Waals surface area contributed by atoms with Crippen LogP contribution in [0.25, 0.3) is 0 Å². The van der Waals surface area contributed by atoms with Gasteiger partial charge in [-0.2, -0.15) is 0 Å². The van der Waals surface area contributed by atoms with Crippen LogP contribution in [0.15, 0.2) is 72.8 Å². The van der Waals surface area contributed by atoms with E-state index in [2.05, 4.69) is 5.32 Å². The SMILES string of the molecule is CC[C@H](C(=O)NC(C)C)N(Cc1c(Cl)cccc1Cl)C(=O)CN(c1ccc(OCc2ccccc2)cc1)S(C)(=O)=O. The Morgan fingerprint density at radius 3 is 2.07 bits per heavy atom. The summed E-state index contributed by atoms with van der Waals surface area (Å²) < 4.78 is 32.6. The number of hydrogen-bond acceptors (Lipinski definition) is 5. The third-order valence-electron chi connectivity index (χ3n) is 6.26. The van der Waals surface area contributed by atoms with Crippen LogP contribution >= 0.6 is 23.2 Å². The van der Waals surface area contributed by atoms with Crippen LogP contribution in [0.4, 0.5) is 5.69 Å². The van der Waals surface area contributed by atoms with Crippen molar-refractivity contribution in [2.24, 2.45) is 0 Å². The summed E-state index contributed by atoms with van der Waals surface area (Å²) in [4.78, 5) is 28.3. The molecule has 0 fully saturated rings.